The lowest BCUT2D eigenvalue weighted by molar-refractivity contribution is 0.178. The summed E-state index contributed by atoms with van der Waals surface area (Å²) in [5.74, 6) is 2.54. The first kappa shape index (κ1) is 16.7. The van der Waals surface area contributed by atoms with E-state index in [-0.39, 0.29) is 0 Å². The zero-order valence-corrected chi connectivity index (χ0v) is 13.3. The number of nitrogens with zero attached hydrogens (tertiary/aromatic N) is 4. The lowest BCUT2D eigenvalue weighted by atomic mass is 10.2. The van der Waals surface area contributed by atoms with E-state index in [1.54, 1.807) is 7.11 Å². The Balaban J connectivity index is 2.92. The zero-order chi connectivity index (χ0) is 15.1. The van der Waals surface area contributed by atoms with Gasteiger partial charge in [0.05, 0.1) is 0 Å². The lowest BCUT2D eigenvalue weighted by Crippen LogP contribution is -2.35. The van der Waals surface area contributed by atoms with Gasteiger partial charge in [-0.2, -0.15) is 0 Å². The fourth-order valence-corrected chi connectivity index (χ4v) is 1.92. The Morgan fingerprint density at radius 3 is 2.50 bits per heavy atom. The van der Waals surface area contributed by atoms with Crippen LogP contribution in [0.1, 0.15) is 19.7 Å². The molecular weight excluding hydrogens is 254 g/mol. The predicted molar refractivity (Wildman–Crippen MR) is 82.8 cm³/mol. The second kappa shape index (κ2) is 8.01. The Labute approximate surface area is 121 Å². The molecule has 2 N–H and O–H groups in total. The Morgan fingerprint density at radius 2 is 1.95 bits per heavy atom. The van der Waals surface area contributed by atoms with Crippen LogP contribution in [0.5, 0.6) is 0 Å². The second-order valence-corrected chi connectivity index (χ2v) is 5.64. The normalized spacial score (nSPS) is 11.3. The summed E-state index contributed by atoms with van der Waals surface area (Å²) in [7, 11) is 5.76. The molecule has 20 heavy (non-hydrogen) atoms. The highest BCUT2D eigenvalue weighted by Gasteiger charge is 2.13. The van der Waals surface area contributed by atoms with E-state index in [1.165, 1.54) is 0 Å². The van der Waals surface area contributed by atoms with Crippen molar-refractivity contribution in [3.8, 4) is 0 Å². The summed E-state index contributed by atoms with van der Waals surface area (Å²) in [6.07, 6.45) is 0. The van der Waals surface area contributed by atoms with Crippen molar-refractivity contribution in [3.05, 3.63) is 11.9 Å². The largest absolute Gasteiger partial charge is 0.384 e. The molecule has 0 aliphatic carbocycles. The molecule has 0 unspecified atom stereocenters. The van der Waals surface area contributed by atoms with Crippen LogP contribution in [0.25, 0.3) is 0 Å². The van der Waals surface area contributed by atoms with E-state index in [2.05, 4.69) is 47.7 Å². The van der Waals surface area contributed by atoms with Gasteiger partial charge in [-0.1, -0.05) is 13.8 Å². The number of aromatic nitrogens is 2. The van der Waals surface area contributed by atoms with Gasteiger partial charge in [-0.05, 0) is 20.0 Å². The minimum absolute atomic E-state index is 0.376. The average molecular weight is 281 g/mol. The molecule has 0 amide bonds. The first-order valence-corrected chi connectivity index (χ1v) is 6.94. The summed E-state index contributed by atoms with van der Waals surface area (Å²) >= 11 is 0. The van der Waals surface area contributed by atoms with E-state index in [4.69, 9.17) is 10.5 Å². The maximum absolute atomic E-state index is 5.87. The van der Waals surface area contributed by atoms with E-state index >= 15 is 0 Å². The number of methoxy groups -OCH3 is 1. The Morgan fingerprint density at radius 1 is 1.25 bits per heavy atom. The third kappa shape index (κ3) is 5.71. The second-order valence-electron chi connectivity index (χ2n) is 5.64. The Bertz CT molecular complexity index is 409. The van der Waals surface area contributed by atoms with Gasteiger partial charge in [0.1, 0.15) is 18.2 Å². The van der Waals surface area contributed by atoms with Crippen LogP contribution >= 0.6 is 0 Å². The number of hydrogen-bond acceptors (Lipinski definition) is 6. The summed E-state index contributed by atoms with van der Waals surface area (Å²) in [5, 5.41) is 0. The van der Waals surface area contributed by atoms with Gasteiger partial charge >= 0.3 is 0 Å². The van der Waals surface area contributed by atoms with Crippen LogP contribution in [0, 0.1) is 5.92 Å². The van der Waals surface area contributed by atoms with Crippen molar-refractivity contribution >= 4 is 11.6 Å². The molecular formula is C14H27N5O. The third-order valence-electron chi connectivity index (χ3n) is 2.78. The monoisotopic (exact) mass is 281 g/mol. The van der Waals surface area contributed by atoms with Crippen molar-refractivity contribution in [2.24, 2.45) is 5.92 Å². The number of hydrogen-bond donors (Lipinski definition) is 1. The van der Waals surface area contributed by atoms with Crippen molar-refractivity contribution < 1.29 is 4.74 Å². The maximum atomic E-state index is 5.87. The standard InChI is InChI=1S/C14H27N5O/c1-11(2)9-19(7-6-18(3)4)14-8-12(15)16-13(17-14)10-20-5/h8,11H,6-7,9-10H2,1-5H3,(H2,15,16,17). The number of anilines is 2. The van der Waals surface area contributed by atoms with Crippen LogP contribution < -0.4 is 10.6 Å². The number of rotatable bonds is 8. The lowest BCUT2D eigenvalue weighted by Gasteiger charge is -2.27. The number of nitrogen functional groups attached to an aromatic ring is 1. The van der Waals surface area contributed by atoms with Gasteiger partial charge in [-0.3, -0.25) is 0 Å². The predicted octanol–water partition coefficient (Wildman–Crippen LogP) is 1.23. The fraction of sp³-hybridized carbons (Fsp3) is 0.714. The van der Waals surface area contributed by atoms with Gasteiger partial charge in [-0.25, -0.2) is 9.97 Å². The molecule has 0 saturated carbocycles. The minimum Gasteiger partial charge on any atom is -0.384 e. The molecule has 0 radical (unpaired) electrons. The van der Waals surface area contributed by atoms with Crippen LogP contribution in [0.4, 0.5) is 11.6 Å². The smallest absolute Gasteiger partial charge is 0.158 e. The van der Waals surface area contributed by atoms with Gasteiger partial charge in [0.15, 0.2) is 5.82 Å². The number of ether oxygens (including phenoxy) is 1. The molecule has 0 aliphatic rings. The van der Waals surface area contributed by atoms with E-state index in [9.17, 15) is 0 Å². The first-order chi connectivity index (χ1) is 9.42. The molecule has 0 spiro atoms. The molecule has 1 rings (SSSR count). The average Bonchev–Trinajstić information content (AvgIpc) is 2.33. The first-order valence-electron chi connectivity index (χ1n) is 6.94. The molecule has 1 aromatic rings. The van der Waals surface area contributed by atoms with Crippen LogP contribution in [-0.2, 0) is 11.3 Å². The highest BCUT2D eigenvalue weighted by Crippen LogP contribution is 2.16. The summed E-state index contributed by atoms with van der Waals surface area (Å²) in [6, 6.07) is 1.83. The number of likely N-dealkylation sites (N-methyl/N-ethyl adjacent to an activating group) is 1. The van der Waals surface area contributed by atoms with Crippen LogP contribution in [0.3, 0.4) is 0 Å². The molecule has 0 aromatic carbocycles. The van der Waals surface area contributed by atoms with Gasteiger partial charge in [0, 0.05) is 32.8 Å². The van der Waals surface area contributed by atoms with Crippen molar-refractivity contribution in [2.75, 3.05) is 51.5 Å². The third-order valence-corrected chi connectivity index (χ3v) is 2.78. The molecule has 1 aromatic heterocycles. The van der Waals surface area contributed by atoms with Crippen molar-refractivity contribution in [1.82, 2.24) is 14.9 Å². The minimum atomic E-state index is 0.376. The van der Waals surface area contributed by atoms with Gasteiger partial charge < -0.3 is 20.3 Å². The molecule has 0 aliphatic heterocycles. The van der Waals surface area contributed by atoms with Crippen LogP contribution in [-0.4, -0.2) is 55.7 Å². The maximum Gasteiger partial charge on any atom is 0.158 e. The van der Waals surface area contributed by atoms with Crippen molar-refractivity contribution in [1.29, 1.82) is 0 Å². The summed E-state index contributed by atoms with van der Waals surface area (Å²) in [5.41, 5.74) is 5.87. The zero-order valence-electron chi connectivity index (χ0n) is 13.3. The molecule has 6 nitrogen and oxygen atoms in total. The molecule has 0 saturated heterocycles. The molecule has 0 atom stereocenters. The molecule has 114 valence electrons. The highest BCUT2D eigenvalue weighted by molar-refractivity contribution is 5.47. The van der Waals surface area contributed by atoms with Gasteiger partial charge in [0.2, 0.25) is 0 Å². The quantitative estimate of drug-likeness (QED) is 0.773. The summed E-state index contributed by atoms with van der Waals surface area (Å²) in [6.45, 7) is 7.59. The van der Waals surface area contributed by atoms with Crippen molar-refractivity contribution in [2.45, 2.75) is 20.5 Å². The van der Waals surface area contributed by atoms with Gasteiger partial charge in [0.25, 0.3) is 0 Å². The van der Waals surface area contributed by atoms with E-state index in [0.717, 1.165) is 25.5 Å². The van der Waals surface area contributed by atoms with Crippen LogP contribution in [0.2, 0.25) is 0 Å². The Kier molecular flexibility index (Phi) is 6.67. The summed E-state index contributed by atoms with van der Waals surface area (Å²) < 4.78 is 5.09. The van der Waals surface area contributed by atoms with Crippen molar-refractivity contribution in [3.63, 3.8) is 0 Å². The van der Waals surface area contributed by atoms with E-state index in [0.29, 0.717) is 24.2 Å². The SMILES string of the molecule is COCc1nc(N)cc(N(CCN(C)C)CC(C)C)n1. The summed E-state index contributed by atoms with van der Waals surface area (Å²) in [4.78, 5) is 13.1. The van der Waals surface area contributed by atoms with Gasteiger partial charge in [-0.15, -0.1) is 0 Å². The molecule has 6 heteroatoms. The highest BCUT2D eigenvalue weighted by atomic mass is 16.5. The Hall–Kier alpha value is -1.40. The number of nitrogens with two attached hydrogens (primary N) is 1. The topological polar surface area (TPSA) is 67.5 Å². The van der Waals surface area contributed by atoms with E-state index in [1.807, 2.05) is 6.07 Å². The van der Waals surface area contributed by atoms with Crippen LogP contribution in [0.15, 0.2) is 6.07 Å². The molecule has 1 heterocycles. The van der Waals surface area contributed by atoms with E-state index < -0.39 is 0 Å². The fourth-order valence-electron chi connectivity index (χ4n) is 1.92. The molecule has 0 bridgehead atoms. The molecule has 0 fully saturated rings.